The van der Waals surface area contributed by atoms with E-state index in [0.717, 1.165) is 11.3 Å². The van der Waals surface area contributed by atoms with Crippen molar-refractivity contribution in [1.29, 1.82) is 0 Å². The second kappa shape index (κ2) is 10.5. The summed E-state index contributed by atoms with van der Waals surface area (Å²) in [5, 5.41) is 8.43. The van der Waals surface area contributed by atoms with E-state index in [0.29, 0.717) is 28.1 Å². The molecule has 2 aromatic carbocycles. The van der Waals surface area contributed by atoms with Gasteiger partial charge >= 0.3 is 6.03 Å². The van der Waals surface area contributed by atoms with E-state index < -0.39 is 0 Å². The molecule has 0 fully saturated rings. The monoisotopic (exact) mass is 501 g/mol. The Morgan fingerprint density at radius 1 is 1.00 bits per heavy atom. The second-order valence-electron chi connectivity index (χ2n) is 9.24. The van der Waals surface area contributed by atoms with Gasteiger partial charge in [-0.3, -0.25) is 4.79 Å². The van der Waals surface area contributed by atoms with E-state index in [2.05, 4.69) is 5.32 Å². The van der Waals surface area contributed by atoms with Gasteiger partial charge in [0.2, 0.25) is 5.91 Å². The molecular weight excluding hydrogens is 473 g/mol. The van der Waals surface area contributed by atoms with Crippen molar-refractivity contribution < 1.29 is 9.59 Å². The first kappa shape index (κ1) is 25.6. The summed E-state index contributed by atoms with van der Waals surface area (Å²) in [4.78, 5) is 28.8. The summed E-state index contributed by atoms with van der Waals surface area (Å²) in [7, 11) is 3.32. The van der Waals surface area contributed by atoms with Crippen LogP contribution in [0.15, 0.2) is 54.6 Å². The Morgan fingerprint density at radius 2 is 1.68 bits per heavy atom. The number of rotatable bonds is 6. The topological polar surface area (TPSA) is 70.5 Å². The Bertz CT molecular complexity index is 1170. The molecule has 0 aliphatic rings. The number of nitrogens with one attached hydrogen (secondary N) is 1. The molecule has 180 valence electrons. The maximum Gasteiger partial charge on any atom is 0.320 e. The van der Waals surface area contributed by atoms with Gasteiger partial charge in [-0.1, -0.05) is 74.3 Å². The van der Waals surface area contributed by atoms with Crippen molar-refractivity contribution in [3.8, 4) is 5.69 Å². The van der Waals surface area contributed by atoms with Crippen molar-refractivity contribution in [3.63, 3.8) is 0 Å². The highest BCUT2D eigenvalue weighted by molar-refractivity contribution is 6.42. The number of hydrogen-bond donors (Lipinski definition) is 1. The fourth-order valence-corrected chi connectivity index (χ4v) is 3.58. The van der Waals surface area contributed by atoms with Crippen LogP contribution in [-0.4, -0.2) is 52.2 Å². The lowest BCUT2D eigenvalue weighted by Gasteiger charge is -2.25. The van der Waals surface area contributed by atoms with Crippen LogP contribution in [0.5, 0.6) is 0 Å². The second-order valence-corrected chi connectivity index (χ2v) is 10.1. The normalized spacial score (nSPS) is 11.3. The van der Waals surface area contributed by atoms with Gasteiger partial charge in [-0.15, -0.1) is 0 Å². The van der Waals surface area contributed by atoms with Gasteiger partial charge in [0, 0.05) is 32.1 Å². The number of amides is 3. The van der Waals surface area contributed by atoms with Gasteiger partial charge in [-0.2, -0.15) is 5.10 Å². The van der Waals surface area contributed by atoms with E-state index in [4.69, 9.17) is 28.3 Å². The maximum atomic E-state index is 13.1. The SMILES string of the molecule is CN(C)C(=O)N(CC(=O)Nc1cc(C(C)(C)C)nn1-c1ccc(Cl)c(Cl)c1)Cc1ccccc1. The molecule has 0 radical (unpaired) electrons. The van der Waals surface area contributed by atoms with Gasteiger partial charge in [0.1, 0.15) is 12.4 Å². The molecular formula is C25H29Cl2N5O2. The quantitative estimate of drug-likeness (QED) is 0.477. The van der Waals surface area contributed by atoms with Gasteiger partial charge in [0.25, 0.3) is 0 Å². The largest absolute Gasteiger partial charge is 0.331 e. The number of carbonyl (C=O) groups excluding carboxylic acids is 2. The molecule has 34 heavy (non-hydrogen) atoms. The van der Waals surface area contributed by atoms with Crippen molar-refractivity contribution in [2.45, 2.75) is 32.7 Å². The third kappa shape index (κ3) is 6.30. The summed E-state index contributed by atoms with van der Waals surface area (Å²) < 4.78 is 1.62. The third-order valence-corrected chi connectivity index (χ3v) is 5.84. The van der Waals surface area contributed by atoms with Crippen molar-refractivity contribution in [2.24, 2.45) is 0 Å². The molecule has 0 saturated heterocycles. The average molecular weight is 502 g/mol. The Hall–Kier alpha value is -3.03. The molecule has 9 heteroatoms. The summed E-state index contributed by atoms with van der Waals surface area (Å²) in [6.07, 6.45) is 0. The third-order valence-electron chi connectivity index (χ3n) is 5.10. The zero-order valence-electron chi connectivity index (χ0n) is 20.0. The Morgan fingerprint density at radius 3 is 2.26 bits per heavy atom. The Balaban J connectivity index is 1.89. The molecule has 1 aromatic heterocycles. The minimum atomic E-state index is -0.340. The van der Waals surface area contributed by atoms with E-state index in [1.54, 1.807) is 37.0 Å². The van der Waals surface area contributed by atoms with E-state index in [1.165, 1.54) is 9.80 Å². The molecule has 1 heterocycles. The standard InChI is InChI=1S/C25H29Cl2N5O2/c1-25(2,3)21-14-22(32(29-21)18-11-12-19(26)20(27)13-18)28-23(33)16-31(24(34)30(4)5)15-17-9-7-6-8-10-17/h6-14H,15-16H2,1-5H3,(H,28,33). The van der Waals surface area contributed by atoms with Gasteiger partial charge in [-0.25, -0.2) is 9.48 Å². The van der Waals surface area contributed by atoms with Gasteiger partial charge < -0.3 is 15.1 Å². The van der Waals surface area contributed by atoms with Crippen LogP contribution in [-0.2, 0) is 16.8 Å². The molecule has 1 N–H and O–H groups in total. The molecule has 0 aliphatic heterocycles. The number of halogens is 2. The van der Waals surface area contributed by atoms with Crippen LogP contribution in [0.25, 0.3) is 5.69 Å². The fraction of sp³-hybridized carbons (Fsp3) is 0.320. The Labute approximate surface area is 210 Å². The molecule has 0 bridgehead atoms. The van der Waals surface area contributed by atoms with Crippen LogP contribution in [0.2, 0.25) is 10.0 Å². The summed E-state index contributed by atoms with van der Waals surface area (Å²) >= 11 is 12.3. The molecule has 0 unspecified atom stereocenters. The molecule has 7 nitrogen and oxygen atoms in total. The van der Waals surface area contributed by atoms with Crippen molar-refractivity contribution >= 4 is 41.0 Å². The van der Waals surface area contributed by atoms with Crippen molar-refractivity contribution in [3.05, 3.63) is 75.9 Å². The van der Waals surface area contributed by atoms with Gasteiger partial charge in [0.05, 0.1) is 21.4 Å². The molecule has 0 atom stereocenters. The number of carbonyl (C=O) groups is 2. The lowest BCUT2D eigenvalue weighted by molar-refractivity contribution is -0.117. The van der Waals surface area contributed by atoms with Crippen molar-refractivity contribution in [1.82, 2.24) is 19.6 Å². The molecule has 0 saturated carbocycles. The first-order valence-electron chi connectivity index (χ1n) is 10.8. The number of benzene rings is 2. The lowest BCUT2D eigenvalue weighted by atomic mass is 9.92. The molecule has 0 spiro atoms. The van der Waals surface area contributed by atoms with Crippen LogP contribution >= 0.6 is 23.2 Å². The first-order valence-corrected chi connectivity index (χ1v) is 11.6. The smallest absolute Gasteiger partial charge is 0.320 e. The van der Waals surface area contributed by atoms with Crippen LogP contribution in [0.3, 0.4) is 0 Å². The van der Waals surface area contributed by atoms with Crippen LogP contribution in [0.1, 0.15) is 32.0 Å². The number of nitrogens with zero attached hydrogens (tertiary/aromatic N) is 4. The fourth-order valence-electron chi connectivity index (χ4n) is 3.28. The molecule has 3 aromatic rings. The predicted molar refractivity (Wildman–Crippen MR) is 137 cm³/mol. The predicted octanol–water partition coefficient (Wildman–Crippen LogP) is 5.60. The zero-order chi connectivity index (χ0) is 25.0. The lowest BCUT2D eigenvalue weighted by Crippen LogP contribution is -2.43. The first-order chi connectivity index (χ1) is 16.0. The minimum absolute atomic E-state index is 0.122. The summed E-state index contributed by atoms with van der Waals surface area (Å²) in [5.41, 5.74) is 2.13. The van der Waals surface area contributed by atoms with Gasteiger partial charge in [0.15, 0.2) is 0 Å². The van der Waals surface area contributed by atoms with Crippen LogP contribution in [0, 0.1) is 0 Å². The zero-order valence-corrected chi connectivity index (χ0v) is 21.5. The van der Waals surface area contributed by atoms with E-state index in [-0.39, 0.29) is 23.9 Å². The number of urea groups is 1. The van der Waals surface area contributed by atoms with Crippen molar-refractivity contribution in [2.75, 3.05) is 26.0 Å². The summed E-state index contributed by atoms with van der Waals surface area (Å²) in [5.74, 6) is 0.137. The maximum absolute atomic E-state index is 13.1. The highest BCUT2D eigenvalue weighted by Gasteiger charge is 2.24. The van der Waals surface area contributed by atoms with E-state index in [9.17, 15) is 9.59 Å². The number of anilines is 1. The summed E-state index contributed by atoms with van der Waals surface area (Å²) in [6.45, 7) is 6.31. The highest BCUT2D eigenvalue weighted by atomic mass is 35.5. The van der Waals surface area contributed by atoms with Crippen LogP contribution < -0.4 is 5.32 Å². The molecule has 3 rings (SSSR count). The van der Waals surface area contributed by atoms with E-state index in [1.807, 2.05) is 57.2 Å². The molecule has 0 aliphatic carbocycles. The highest BCUT2D eigenvalue weighted by Crippen LogP contribution is 2.29. The average Bonchev–Trinajstić information content (AvgIpc) is 3.19. The molecule has 3 amide bonds. The van der Waals surface area contributed by atoms with E-state index >= 15 is 0 Å². The minimum Gasteiger partial charge on any atom is -0.331 e. The number of hydrogen-bond acceptors (Lipinski definition) is 3. The van der Waals surface area contributed by atoms with Gasteiger partial charge in [-0.05, 0) is 23.8 Å². The number of aromatic nitrogens is 2. The Kier molecular flexibility index (Phi) is 7.89. The van der Waals surface area contributed by atoms with Crippen LogP contribution in [0.4, 0.5) is 10.6 Å². The summed E-state index contributed by atoms with van der Waals surface area (Å²) in [6, 6.07) is 16.3.